The smallest absolute Gasteiger partial charge is 0.256 e. The summed E-state index contributed by atoms with van der Waals surface area (Å²) in [5.41, 5.74) is 0. The lowest BCUT2D eigenvalue weighted by Crippen LogP contribution is -2.36. The average Bonchev–Trinajstić information content (AvgIpc) is 2.73. The van der Waals surface area contributed by atoms with Crippen LogP contribution in [0.15, 0.2) is 25.1 Å². The van der Waals surface area contributed by atoms with Gasteiger partial charge in [0.15, 0.2) is 0 Å². The van der Waals surface area contributed by atoms with Crippen molar-refractivity contribution >= 4 is 15.9 Å². The second-order valence-electron chi connectivity index (χ2n) is 3.65. The van der Waals surface area contributed by atoms with Crippen LogP contribution in [0.5, 0.6) is 0 Å². The fourth-order valence-corrected chi connectivity index (χ4v) is 2.32. The van der Waals surface area contributed by atoms with E-state index in [0.717, 1.165) is 12.6 Å². The highest BCUT2D eigenvalue weighted by molar-refractivity contribution is 7.90. The molecule has 0 unspecified atom stereocenters. The molecule has 1 aliphatic rings. The van der Waals surface area contributed by atoms with E-state index in [4.69, 9.17) is 0 Å². The first kappa shape index (κ1) is 13.6. The highest BCUT2D eigenvalue weighted by Gasteiger charge is 2.16. The number of nitrogens with zero attached hydrogens (tertiary/aromatic N) is 2. The summed E-state index contributed by atoms with van der Waals surface area (Å²) in [5.74, 6) is -0.814. The van der Waals surface area contributed by atoms with Crippen LogP contribution in [0, 0.1) is 0 Å². The molecule has 1 aliphatic heterocycles. The lowest BCUT2D eigenvalue weighted by Gasteiger charge is -2.19. The van der Waals surface area contributed by atoms with Gasteiger partial charge in [-0.1, -0.05) is 6.58 Å². The Labute approximate surface area is 102 Å². The first-order valence-electron chi connectivity index (χ1n) is 5.30. The maximum atomic E-state index is 11.5. The first-order valence-corrected chi connectivity index (χ1v) is 6.95. The van der Waals surface area contributed by atoms with E-state index in [1.165, 1.54) is 0 Å². The zero-order chi connectivity index (χ0) is 12.9. The van der Waals surface area contributed by atoms with Crippen molar-refractivity contribution in [2.24, 2.45) is 0 Å². The molecular weight excluding hydrogens is 242 g/mol. The van der Waals surface area contributed by atoms with Gasteiger partial charge in [0.2, 0.25) is 10.0 Å². The van der Waals surface area contributed by atoms with Crippen LogP contribution in [0.4, 0.5) is 0 Å². The van der Waals surface area contributed by atoms with Crippen LogP contribution in [-0.2, 0) is 14.8 Å². The fraction of sp³-hybridized carbons (Fsp3) is 0.500. The van der Waals surface area contributed by atoms with Crippen LogP contribution in [0.1, 0.15) is 6.92 Å². The molecule has 7 heteroatoms. The van der Waals surface area contributed by atoms with Crippen molar-refractivity contribution in [1.82, 2.24) is 14.5 Å². The Morgan fingerprint density at radius 2 is 2.12 bits per heavy atom. The van der Waals surface area contributed by atoms with Gasteiger partial charge in [-0.3, -0.25) is 4.79 Å². The van der Waals surface area contributed by atoms with Crippen molar-refractivity contribution in [2.45, 2.75) is 6.92 Å². The van der Waals surface area contributed by atoms with Gasteiger partial charge in [-0.05, 0) is 13.0 Å². The van der Waals surface area contributed by atoms with Gasteiger partial charge in [-0.15, -0.1) is 0 Å². The van der Waals surface area contributed by atoms with Gasteiger partial charge >= 0.3 is 0 Å². The molecule has 17 heavy (non-hydrogen) atoms. The van der Waals surface area contributed by atoms with Crippen molar-refractivity contribution in [3.05, 3.63) is 25.1 Å². The van der Waals surface area contributed by atoms with Gasteiger partial charge in [0, 0.05) is 25.5 Å². The lowest BCUT2D eigenvalue weighted by atomic mass is 10.6. The van der Waals surface area contributed by atoms with E-state index in [1.807, 2.05) is 28.9 Å². The molecule has 1 amide bonds. The molecule has 0 spiro atoms. The zero-order valence-corrected chi connectivity index (χ0v) is 10.6. The van der Waals surface area contributed by atoms with Crippen molar-refractivity contribution in [2.75, 3.05) is 25.5 Å². The third-order valence-electron chi connectivity index (χ3n) is 2.35. The molecule has 1 rings (SSSR count). The number of hydrogen-bond acceptors (Lipinski definition) is 5. The lowest BCUT2D eigenvalue weighted by molar-refractivity contribution is -0.114. The van der Waals surface area contributed by atoms with Gasteiger partial charge in [0.25, 0.3) is 5.91 Å². The van der Waals surface area contributed by atoms with Crippen LogP contribution in [-0.4, -0.2) is 49.6 Å². The van der Waals surface area contributed by atoms with Crippen molar-refractivity contribution in [1.29, 1.82) is 0 Å². The molecule has 0 aromatic carbocycles. The normalized spacial score (nSPS) is 15.1. The number of carbonyl (C=O) groups is 1. The summed E-state index contributed by atoms with van der Waals surface area (Å²) in [6.45, 7) is 7.14. The summed E-state index contributed by atoms with van der Waals surface area (Å²) in [6.07, 6.45) is 4.69. The summed E-state index contributed by atoms with van der Waals surface area (Å²) in [4.78, 5) is 14.8. The minimum atomic E-state index is -3.57. The molecule has 0 atom stereocenters. The highest BCUT2D eigenvalue weighted by Crippen LogP contribution is 2.05. The van der Waals surface area contributed by atoms with Crippen molar-refractivity contribution in [3.63, 3.8) is 0 Å². The zero-order valence-electron chi connectivity index (χ0n) is 9.80. The van der Waals surface area contributed by atoms with Crippen LogP contribution in [0.25, 0.3) is 0 Å². The monoisotopic (exact) mass is 259 g/mol. The van der Waals surface area contributed by atoms with Gasteiger partial charge in [-0.2, -0.15) is 0 Å². The summed E-state index contributed by atoms with van der Waals surface area (Å²) in [7, 11) is -3.57. The van der Waals surface area contributed by atoms with E-state index < -0.39 is 15.9 Å². The number of amides is 1. The number of hydrogen-bond donors (Lipinski definition) is 1. The summed E-state index contributed by atoms with van der Waals surface area (Å²) in [5, 5.41) is 0. The minimum absolute atomic E-state index is 0.117. The van der Waals surface area contributed by atoms with Gasteiger partial charge < -0.3 is 9.80 Å². The molecule has 0 saturated heterocycles. The summed E-state index contributed by atoms with van der Waals surface area (Å²) >= 11 is 0. The molecule has 1 N–H and O–H groups in total. The van der Waals surface area contributed by atoms with Crippen LogP contribution >= 0.6 is 0 Å². The molecule has 0 bridgehead atoms. The van der Waals surface area contributed by atoms with Crippen LogP contribution in [0.2, 0.25) is 0 Å². The number of nitrogens with one attached hydrogen (secondary N) is 1. The standard InChI is InChI=1S/C10H17N3O3S/c1-3-10(14)11-17(15,16)8-7-13-6-5-12(4-2)9-13/h3,5-6H,1,4,7-9H2,2H3,(H,11,14). The molecule has 1 heterocycles. The fourth-order valence-electron chi connectivity index (χ4n) is 1.35. The minimum Gasteiger partial charge on any atom is -0.359 e. The predicted molar refractivity (Wildman–Crippen MR) is 65.2 cm³/mol. The molecule has 0 radical (unpaired) electrons. The maximum absolute atomic E-state index is 11.5. The van der Waals surface area contributed by atoms with E-state index in [-0.39, 0.29) is 5.75 Å². The molecular formula is C10H17N3O3S. The summed E-state index contributed by atoms with van der Waals surface area (Å²) < 4.78 is 24.8. The molecule has 0 saturated carbocycles. The average molecular weight is 259 g/mol. The first-order chi connectivity index (χ1) is 7.96. The van der Waals surface area contributed by atoms with Crippen molar-refractivity contribution in [3.8, 4) is 0 Å². The second-order valence-corrected chi connectivity index (χ2v) is 5.49. The Morgan fingerprint density at radius 3 is 2.65 bits per heavy atom. The molecule has 0 aromatic heterocycles. The number of rotatable bonds is 6. The Bertz CT molecular complexity index is 417. The van der Waals surface area contributed by atoms with Gasteiger partial charge in [-0.25, -0.2) is 13.1 Å². The Hall–Kier alpha value is -1.50. The molecule has 0 aromatic rings. The van der Waals surface area contributed by atoms with E-state index in [2.05, 4.69) is 11.5 Å². The SMILES string of the molecule is C=CC(=O)NS(=O)(=O)CCN1C=CN(CC)C1. The third-order valence-corrected chi connectivity index (χ3v) is 3.58. The van der Waals surface area contributed by atoms with E-state index >= 15 is 0 Å². The highest BCUT2D eigenvalue weighted by atomic mass is 32.2. The van der Waals surface area contributed by atoms with Crippen LogP contribution < -0.4 is 4.72 Å². The number of carbonyl (C=O) groups excluding carboxylic acids is 1. The molecule has 0 aliphatic carbocycles. The number of sulfonamides is 1. The Balaban J connectivity index is 2.38. The molecule has 96 valence electrons. The van der Waals surface area contributed by atoms with Crippen molar-refractivity contribution < 1.29 is 13.2 Å². The van der Waals surface area contributed by atoms with E-state index in [0.29, 0.717) is 13.2 Å². The molecule has 6 nitrogen and oxygen atoms in total. The Kier molecular flexibility index (Phi) is 4.56. The predicted octanol–water partition coefficient (Wildman–Crippen LogP) is -0.315. The Morgan fingerprint density at radius 1 is 1.47 bits per heavy atom. The quantitative estimate of drug-likeness (QED) is 0.662. The maximum Gasteiger partial charge on any atom is 0.256 e. The molecule has 0 fully saturated rings. The van der Waals surface area contributed by atoms with E-state index in [1.54, 1.807) is 0 Å². The van der Waals surface area contributed by atoms with Crippen LogP contribution in [0.3, 0.4) is 0 Å². The van der Waals surface area contributed by atoms with E-state index in [9.17, 15) is 13.2 Å². The topological polar surface area (TPSA) is 69.7 Å². The third kappa shape index (κ3) is 4.48. The van der Waals surface area contributed by atoms with Gasteiger partial charge in [0.1, 0.15) is 0 Å². The second kappa shape index (κ2) is 5.72. The summed E-state index contributed by atoms with van der Waals surface area (Å²) in [6, 6.07) is 0. The largest absolute Gasteiger partial charge is 0.359 e. The van der Waals surface area contributed by atoms with Gasteiger partial charge in [0.05, 0.1) is 12.4 Å².